The molecule has 0 radical (unpaired) electrons. The van der Waals surface area contributed by atoms with Crippen LogP contribution in [0.2, 0.25) is 0 Å². The van der Waals surface area contributed by atoms with E-state index < -0.39 is 6.36 Å². The molecule has 0 saturated heterocycles. The number of ether oxygens (including phenoxy) is 1. The van der Waals surface area contributed by atoms with Gasteiger partial charge in [-0.25, -0.2) is 0 Å². The SMILES string of the molecule is Cc1ccc(OC(F)(F)F)cc1.NC=O. The minimum Gasteiger partial charge on any atom is -0.406 e. The van der Waals surface area contributed by atoms with Crippen LogP contribution in [0.4, 0.5) is 13.2 Å². The highest BCUT2D eigenvalue weighted by atomic mass is 19.4. The lowest BCUT2D eigenvalue weighted by Gasteiger charge is -2.08. The number of alkyl halides is 3. The van der Waals surface area contributed by atoms with Gasteiger partial charge in [-0.3, -0.25) is 4.79 Å². The Morgan fingerprint density at radius 3 is 2.00 bits per heavy atom. The van der Waals surface area contributed by atoms with Crippen molar-refractivity contribution in [2.24, 2.45) is 5.73 Å². The Kier molecular flexibility index (Phi) is 5.22. The lowest BCUT2D eigenvalue weighted by molar-refractivity contribution is -0.274. The second-order valence-corrected chi connectivity index (χ2v) is 2.50. The molecule has 15 heavy (non-hydrogen) atoms. The van der Waals surface area contributed by atoms with Crippen molar-refractivity contribution >= 4 is 6.41 Å². The van der Waals surface area contributed by atoms with E-state index in [1.807, 2.05) is 0 Å². The van der Waals surface area contributed by atoms with Crippen LogP contribution in [-0.4, -0.2) is 12.8 Å². The van der Waals surface area contributed by atoms with Gasteiger partial charge in [-0.1, -0.05) is 17.7 Å². The summed E-state index contributed by atoms with van der Waals surface area (Å²) in [5.74, 6) is -0.187. The first-order valence-corrected chi connectivity index (χ1v) is 3.87. The molecule has 1 aromatic rings. The Morgan fingerprint density at radius 1 is 1.27 bits per heavy atom. The third-order valence-corrected chi connectivity index (χ3v) is 1.25. The molecule has 2 N–H and O–H groups in total. The summed E-state index contributed by atoms with van der Waals surface area (Å²) in [6.07, 6.45) is -4.35. The number of halogens is 3. The van der Waals surface area contributed by atoms with Gasteiger partial charge in [0.05, 0.1) is 0 Å². The van der Waals surface area contributed by atoms with E-state index in [4.69, 9.17) is 4.79 Å². The summed E-state index contributed by atoms with van der Waals surface area (Å²) in [5, 5.41) is 0. The standard InChI is InChI=1S/C8H7F3O.CH3NO/c1-6-2-4-7(5-3-6)12-8(9,10)11;2-1-3/h2-5H,1H3;1H,(H2,2,3). The van der Waals surface area contributed by atoms with E-state index in [9.17, 15) is 13.2 Å². The molecule has 0 aliphatic heterocycles. The van der Waals surface area contributed by atoms with Crippen molar-refractivity contribution in [2.75, 3.05) is 0 Å². The number of hydrogen-bond donors (Lipinski definition) is 1. The number of carbonyl (C=O) groups excluding carboxylic acids is 1. The predicted molar refractivity (Wildman–Crippen MR) is 48.1 cm³/mol. The van der Waals surface area contributed by atoms with E-state index in [0.717, 1.165) is 5.56 Å². The van der Waals surface area contributed by atoms with Gasteiger partial charge in [0.1, 0.15) is 5.75 Å². The van der Waals surface area contributed by atoms with E-state index in [-0.39, 0.29) is 12.2 Å². The molecular weight excluding hydrogens is 211 g/mol. The van der Waals surface area contributed by atoms with E-state index in [2.05, 4.69) is 10.5 Å². The summed E-state index contributed by atoms with van der Waals surface area (Å²) in [4.78, 5) is 8.58. The molecule has 84 valence electrons. The lowest BCUT2D eigenvalue weighted by Crippen LogP contribution is -2.16. The topological polar surface area (TPSA) is 52.3 Å². The molecule has 0 bridgehead atoms. The summed E-state index contributed by atoms with van der Waals surface area (Å²) in [6.45, 7) is 1.79. The Labute approximate surface area is 84.6 Å². The molecule has 6 heteroatoms. The number of aryl methyl sites for hydroxylation is 1. The molecule has 0 aliphatic carbocycles. The average molecular weight is 221 g/mol. The van der Waals surface area contributed by atoms with Crippen LogP contribution in [0.1, 0.15) is 5.56 Å². The van der Waals surface area contributed by atoms with Crippen molar-refractivity contribution in [1.29, 1.82) is 0 Å². The molecule has 1 aromatic carbocycles. The van der Waals surface area contributed by atoms with Crippen molar-refractivity contribution in [3.8, 4) is 5.75 Å². The first kappa shape index (κ1) is 13.3. The number of carbonyl (C=O) groups is 1. The Balaban J connectivity index is 0.000000583. The minimum atomic E-state index is -4.60. The Morgan fingerprint density at radius 2 is 1.67 bits per heavy atom. The van der Waals surface area contributed by atoms with Crippen LogP contribution in [0.15, 0.2) is 24.3 Å². The molecule has 1 rings (SSSR count). The Bertz CT molecular complexity index is 295. The number of benzene rings is 1. The maximum absolute atomic E-state index is 11.6. The first-order valence-electron chi connectivity index (χ1n) is 3.87. The lowest BCUT2D eigenvalue weighted by atomic mass is 10.2. The highest BCUT2D eigenvalue weighted by Crippen LogP contribution is 2.22. The minimum absolute atomic E-state index is 0.187. The zero-order chi connectivity index (χ0) is 11.9. The second kappa shape index (κ2) is 5.90. The van der Waals surface area contributed by atoms with E-state index in [1.54, 1.807) is 19.1 Å². The second-order valence-electron chi connectivity index (χ2n) is 2.50. The molecule has 0 heterocycles. The third kappa shape index (κ3) is 7.36. The van der Waals surface area contributed by atoms with Crippen molar-refractivity contribution in [3.63, 3.8) is 0 Å². The third-order valence-electron chi connectivity index (χ3n) is 1.25. The van der Waals surface area contributed by atoms with Gasteiger partial charge in [0.15, 0.2) is 0 Å². The van der Waals surface area contributed by atoms with Crippen molar-refractivity contribution in [3.05, 3.63) is 29.8 Å². The summed E-state index contributed by atoms with van der Waals surface area (Å²) < 4.78 is 38.5. The van der Waals surface area contributed by atoms with Gasteiger partial charge < -0.3 is 10.5 Å². The molecule has 0 saturated carbocycles. The van der Waals surface area contributed by atoms with Crippen molar-refractivity contribution in [1.82, 2.24) is 0 Å². The number of nitrogens with two attached hydrogens (primary N) is 1. The molecule has 0 fully saturated rings. The van der Waals surface area contributed by atoms with Crippen LogP contribution < -0.4 is 10.5 Å². The van der Waals surface area contributed by atoms with E-state index in [0.29, 0.717) is 0 Å². The fraction of sp³-hybridized carbons (Fsp3) is 0.222. The molecular formula is C9H10F3NO2. The fourth-order valence-electron chi connectivity index (χ4n) is 0.740. The highest BCUT2D eigenvalue weighted by Gasteiger charge is 2.30. The van der Waals surface area contributed by atoms with Crippen LogP contribution in [0, 0.1) is 6.92 Å². The monoisotopic (exact) mass is 221 g/mol. The molecule has 1 amide bonds. The van der Waals surface area contributed by atoms with Gasteiger partial charge in [-0.05, 0) is 19.1 Å². The van der Waals surface area contributed by atoms with Crippen molar-refractivity contribution in [2.45, 2.75) is 13.3 Å². The number of rotatable bonds is 1. The predicted octanol–water partition coefficient (Wildman–Crippen LogP) is 2.00. The Hall–Kier alpha value is -1.72. The summed E-state index contributed by atoms with van der Waals surface area (Å²) in [5.41, 5.74) is 5.06. The van der Waals surface area contributed by atoms with Crippen LogP contribution >= 0.6 is 0 Å². The van der Waals surface area contributed by atoms with Gasteiger partial charge in [-0.2, -0.15) is 0 Å². The molecule has 3 nitrogen and oxygen atoms in total. The van der Waals surface area contributed by atoms with E-state index in [1.165, 1.54) is 12.1 Å². The normalized spacial score (nSPS) is 9.87. The summed E-state index contributed by atoms with van der Waals surface area (Å²) in [7, 11) is 0. The summed E-state index contributed by atoms with van der Waals surface area (Å²) in [6, 6.07) is 5.67. The van der Waals surface area contributed by atoms with Gasteiger partial charge >= 0.3 is 6.36 Å². The maximum atomic E-state index is 11.6. The van der Waals surface area contributed by atoms with Gasteiger partial charge in [0.2, 0.25) is 6.41 Å². The van der Waals surface area contributed by atoms with Gasteiger partial charge in [0, 0.05) is 0 Å². The maximum Gasteiger partial charge on any atom is 0.573 e. The molecule has 0 aromatic heterocycles. The number of amides is 1. The van der Waals surface area contributed by atoms with Gasteiger partial charge in [-0.15, -0.1) is 13.2 Å². The number of hydrogen-bond acceptors (Lipinski definition) is 2. The van der Waals surface area contributed by atoms with Crippen LogP contribution in [0.5, 0.6) is 5.75 Å². The van der Waals surface area contributed by atoms with Crippen LogP contribution in [0.3, 0.4) is 0 Å². The first-order chi connectivity index (χ1) is 6.89. The van der Waals surface area contributed by atoms with Crippen LogP contribution in [0.25, 0.3) is 0 Å². The van der Waals surface area contributed by atoms with Gasteiger partial charge in [0.25, 0.3) is 0 Å². The average Bonchev–Trinajstić information content (AvgIpc) is 2.08. The molecule has 0 aliphatic rings. The molecule has 0 unspecified atom stereocenters. The highest BCUT2D eigenvalue weighted by molar-refractivity contribution is 5.42. The summed E-state index contributed by atoms with van der Waals surface area (Å²) >= 11 is 0. The van der Waals surface area contributed by atoms with E-state index >= 15 is 0 Å². The zero-order valence-electron chi connectivity index (χ0n) is 7.91. The van der Waals surface area contributed by atoms with Crippen molar-refractivity contribution < 1.29 is 22.7 Å². The zero-order valence-corrected chi connectivity index (χ0v) is 7.91. The quantitative estimate of drug-likeness (QED) is 0.737. The fourth-order valence-corrected chi connectivity index (χ4v) is 0.740. The number of primary amides is 1. The molecule has 0 atom stereocenters. The smallest absolute Gasteiger partial charge is 0.406 e. The molecule has 0 spiro atoms. The largest absolute Gasteiger partial charge is 0.573 e. The van der Waals surface area contributed by atoms with Crippen LogP contribution in [-0.2, 0) is 4.79 Å².